The third-order valence-electron chi connectivity index (χ3n) is 5.78. The van der Waals surface area contributed by atoms with Crippen molar-refractivity contribution < 1.29 is 13.6 Å². The molecule has 1 amide bonds. The summed E-state index contributed by atoms with van der Waals surface area (Å²) < 4.78 is 11.4. The van der Waals surface area contributed by atoms with E-state index in [2.05, 4.69) is 12.2 Å². The van der Waals surface area contributed by atoms with E-state index in [4.69, 9.17) is 8.83 Å². The van der Waals surface area contributed by atoms with Crippen molar-refractivity contribution in [2.45, 2.75) is 40.0 Å². The number of hydrogen-bond donors (Lipinski definition) is 1. The average Bonchev–Trinajstić information content (AvgIpc) is 3.11. The molecule has 30 heavy (non-hydrogen) atoms. The van der Waals surface area contributed by atoms with Crippen molar-refractivity contribution in [3.63, 3.8) is 0 Å². The van der Waals surface area contributed by atoms with Crippen molar-refractivity contribution in [3.05, 3.63) is 80.9 Å². The third-order valence-corrected chi connectivity index (χ3v) is 5.78. The van der Waals surface area contributed by atoms with Crippen LogP contribution in [-0.2, 0) is 11.2 Å². The largest absolute Gasteiger partial charge is 0.463 e. The Bertz CT molecular complexity index is 1300. The molecule has 2 heterocycles. The van der Waals surface area contributed by atoms with Crippen LogP contribution >= 0.6 is 0 Å². The van der Waals surface area contributed by atoms with Crippen LogP contribution in [0.5, 0.6) is 0 Å². The van der Waals surface area contributed by atoms with E-state index in [1.807, 2.05) is 57.2 Å². The van der Waals surface area contributed by atoms with Crippen LogP contribution < -0.4 is 10.9 Å². The van der Waals surface area contributed by atoms with Crippen molar-refractivity contribution in [1.82, 2.24) is 5.32 Å². The monoisotopic (exact) mass is 403 g/mol. The van der Waals surface area contributed by atoms with E-state index in [0.717, 1.165) is 33.0 Å². The summed E-state index contributed by atoms with van der Waals surface area (Å²) in [4.78, 5) is 25.2. The smallest absolute Gasteiger partial charge is 0.340 e. The summed E-state index contributed by atoms with van der Waals surface area (Å²) in [7, 11) is 0. The van der Waals surface area contributed by atoms with E-state index in [1.165, 1.54) is 0 Å². The van der Waals surface area contributed by atoms with Crippen LogP contribution in [0.4, 0.5) is 0 Å². The number of hydrogen-bond acceptors (Lipinski definition) is 4. The zero-order chi connectivity index (χ0) is 21.4. The molecule has 0 aliphatic carbocycles. The second-order valence-electron chi connectivity index (χ2n) is 7.98. The fourth-order valence-corrected chi connectivity index (χ4v) is 4.07. The first-order valence-electron chi connectivity index (χ1n) is 10.1. The van der Waals surface area contributed by atoms with Gasteiger partial charge in [-0.25, -0.2) is 4.79 Å². The number of furan rings is 1. The second-order valence-corrected chi connectivity index (χ2v) is 7.98. The lowest BCUT2D eigenvalue weighted by molar-refractivity contribution is -0.120. The molecule has 5 heteroatoms. The molecule has 0 aliphatic heterocycles. The molecule has 2 aromatic carbocycles. The molecule has 1 N–H and O–H groups in total. The fourth-order valence-electron chi connectivity index (χ4n) is 4.07. The van der Waals surface area contributed by atoms with Gasteiger partial charge in [-0.05, 0) is 55.0 Å². The van der Waals surface area contributed by atoms with Gasteiger partial charge in [-0.15, -0.1) is 0 Å². The van der Waals surface area contributed by atoms with Gasteiger partial charge in [-0.1, -0.05) is 37.3 Å². The number of amides is 1. The van der Waals surface area contributed by atoms with E-state index >= 15 is 0 Å². The number of nitrogens with one attached hydrogen (secondary N) is 1. The normalized spacial score (nSPS) is 12.4. The van der Waals surface area contributed by atoms with E-state index < -0.39 is 5.63 Å². The highest BCUT2D eigenvalue weighted by Gasteiger charge is 2.20. The van der Waals surface area contributed by atoms with Gasteiger partial charge in [0.25, 0.3) is 0 Å². The second kappa shape index (κ2) is 7.82. The maximum atomic E-state index is 12.6. The fraction of sp³-hybridized carbons (Fsp3) is 0.280. The van der Waals surface area contributed by atoms with Crippen molar-refractivity contribution >= 4 is 27.8 Å². The van der Waals surface area contributed by atoms with Gasteiger partial charge < -0.3 is 14.2 Å². The highest BCUT2D eigenvalue weighted by Crippen LogP contribution is 2.34. The molecule has 5 nitrogen and oxygen atoms in total. The standard InChI is InChI=1S/C25H25NO4/c1-14-10-20-23(24-22(14)16(3)13-29-24)17(4)19(25(28)30-20)11-21(27)26-12-15(2)18-8-6-5-7-9-18/h5-10,13,15H,11-12H2,1-4H3,(H,26,27). The Morgan fingerprint density at radius 1 is 1.07 bits per heavy atom. The average molecular weight is 403 g/mol. The molecule has 0 saturated carbocycles. The Morgan fingerprint density at radius 2 is 1.80 bits per heavy atom. The minimum atomic E-state index is -0.478. The van der Waals surface area contributed by atoms with Crippen LogP contribution in [0, 0.1) is 20.8 Å². The van der Waals surface area contributed by atoms with Gasteiger partial charge in [0, 0.05) is 11.9 Å². The summed E-state index contributed by atoms with van der Waals surface area (Å²) in [6.07, 6.45) is 1.68. The first-order valence-corrected chi connectivity index (χ1v) is 10.1. The minimum absolute atomic E-state index is 0.0271. The Kier molecular flexibility index (Phi) is 5.20. The molecule has 4 rings (SSSR count). The Labute approximate surface area is 174 Å². The lowest BCUT2D eigenvalue weighted by atomic mass is 9.98. The number of rotatable bonds is 5. The van der Waals surface area contributed by atoms with Gasteiger partial charge in [0.1, 0.15) is 11.2 Å². The lowest BCUT2D eigenvalue weighted by Gasteiger charge is -2.14. The molecule has 0 radical (unpaired) electrons. The highest BCUT2D eigenvalue weighted by molar-refractivity contribution is 6.07. The number of fused-ring (bicyclic) bond motifs is 3. The van der Waals surface area contributed by atoms with Gasteiger partial charge in [0.15, 0.2) is 0 Å². The first-order chi connectivity index (χ1) is 14.4. The van der Waals surface area contributed by atoms with E-state index in [1.54, 1.807) is 6.26 Å². The predicted molar refractivity (Wildman–Crippen MR) is 118 cm³/mol. The topological polar surface area (TPSA) is 72.5 Å². The van der Waals surface area contributed by atoms with E-state index in [0.29, 0.717) is 23.3 Å². The Morgan fingerprint density at radius 3 is 2.53 bits per heavy atom. The maximum absolute atomic E-state index is 12.6. The summed E-state index contributed by atoms with van der Waals surface area (Å²) in [6, 6.07) is 11.9. The maximum Gasteiger partial charge on any atom is 0.340 e. The minimum Gasteiger partial charge on any atom is -0.463 e. The van der Waals surface area contributed by atoms with Crippen molar-refractivity contribution in [2.75, 3.05) is 6.54 Å². The van der Waals surface area contributed by atoms with Crippen molar-refractivity contribution in [1.29, 1.82) is 0 Å². The van der Waals surface area contributed by atoms with Crippen molar-refractivity contribution in [3.8, 4) is 0 Å². The number of carbonyl (C=O) groups is 1. The predicted octanol–water partition coefficient (Wildman–Crippen LogP) is 4.93. The molecule has 0 spiro atoms. The SMILES string of the molecule is Cc1coc2c1c(C)cc1oc(=O)c(CC(=O)NCC(C)c3ccccc3)c(C)c12. The molecule has 1 atom stereocenters. The Hall–Kier alpha value is -3.34. The van der Waals surface area contributed by atoms with Gasteiger partial charge in [0.05, 0.1) is 23.6 Å². The number of benzene rings is 2. The van der Waals surface area contributed by atoms with Gasteiger partial charge >= 0.3 is 5.63 Å². The van der Waals surface area contributed by atoms with E-state index in [-0.39, 0.29) is 18.2 Å². The van der Waals surface area contributed by atoms with Crippen LogP contribution in [0.25, 0.3) is 21.9 Å². The summed E-state index contributed by atoms with van der Waals surface area (Å²) in [5.41, 5.74) is 4.98. The molecule has 1 unspecified atom stereocenters. The molecule has 2 aromatic heterocycles. The van der Waals surface area contributed by atoms with Crippen molar-refractivity contribution in [2.24, 2.45) is 0 Å². The molecular weight excluding hydrogens is 378 g/mol. The molecule has 0 bridgehead atoms. The van der Waals surface area contributed by atoms with Crippen LogP contribution in [-0.4, -0.2) is 12.5 Å². The summed E-state index contributed by atoms with van der Waals surface area (Å²) in [6.45, 7) is 8.36. The highest BCUT2D eigenvalue weighted by atomic mass is 16.4. The summed E-state index contributed by atoms with van der Waals surface area (Å²) >= 11 is 0. The van der Waals surface area contributed by atoms with Crippen LogP contribution in [0.2, 0.25) is 0 Å². The Balaban J connectivity index is 1.62. The van der Waals surface area contributed by atoms with Gasteiger partial charge in [-0.3, -0.25) is 4.79 Å². The summed E-state index contributed by atoms with van der Waals surface area (Å²) in [5.74, 6) is -0.0236. The van der Waals surface area contributed by atoms with Crippen LogP contribution in [0.3, 0.4) is 0 Å². The van der Waals surface area contributed by atoms with E-state index in [9.17, 15) is 9.59 Å². The quantitative estimate of drug-likeness (QED) is 0.480. The van der Waals surface area contributed by atoms with Gasteiger partial charge in [-0.2, -0.15) is 0 Å². The lowest BCUT2D eigenvalue weighted by Crippen LogP contribution is -2.30. The number of carbonyl (C=O) groups excluding carboxylic acids is 1. The third kappa shape index (κ3) is 3.52. The van der Waals surface area contributed by atoms with Crippen LogP contribution in [0.1, 0.15) is 40.7 Å². The molecule has 4 aromatic rings. The molecule has 0 aliphatic rings. The van der Waals surface area contributed by atoms with Crippen LogP contribution in [0.15, 0.2) is 56.3 Å². The zero-order valence-corrected chi connectivity index (χ0v) is 17.7. The molecule has 0 fully saturated rings. The molecule has 154 valence electrons. The zero-order valence-electron chi connectivity index (χ0n) is 17.7. The first kappa shape index (κ1) is 20.0. The molecular formula is C25H25NO4. The summed E-state index contributed by atoms with van der Waals surface area (Å²) in [5, 5.41) is 4.71. The number of aryl methyl sites for hydroxylation is 3. The molecule has 0 saturated heterocycles. The van der Waals surface area contributed by atoms with Gasteiger partial charge in [0.2, 0.25) is 5.91 Å².